The van der Waals surface area contributed by atoms with Gasteiger partial charge in [0.25, 0.3) is 0 Å². The fraction of sp³-hybridized carbons (Fsp3) is 0.477. The molecule has 3 rings (SSSR count). The van der Waals surface area contributed by atoms with E-state index in [-0.39, 0.29) is 24.7 Å². The van der Waals surface area contributed by atoms with E-state index in [2.05, 4.69) is 37.2 Å². The summed E-state index contributed by atoms with van der Waals surface area (Å²) in [6.45, 7) is 5.80. The Balaban J connectivity index is 1.64. The van der Waals surface area contributed by atoms with Gasteiger partial charge in [0.15, 0.2) is 0 Å². The second-order valence-electron chi connectivity index (χ2n) is 16.0. The SMILES string of the molecule is CC(C)[C@H](NC(=O)[C@@H](NC(=O)[C@@H](NC(=O)[C@H](Cc1ccccc1)NC(=O)/C=C/C(=O)NCC(=O)NCC(=O)N[C@@H](Cc1ccccc1)C(=O)O)C1CCCCC1)C(C)C)C(N)=O. The van der Waals surface area contributed by atoms with Crippen molar-refractivity contribution >= 4 is 53.2 Å². The lowest BCUT2D eigenvalue weighted by Crippen LogP contribution is -2.61. The van der Waals surface area contributed by atoms with Gasteiger partial charge >= 0.3 is 5.97 Å². The Morgan fingerprint density at radius 1 is 0.597 bits per heavy atom. The highest BCUT2D eigenvalue weighted by Crippen LogP contribution is 2.27. The van der Waals surface area contributed by atoms with E-state index < -0.39 is 102 Å². The number of rotatable bonds is 23. The standard InChI is InChI=1S/C44H60N8O10/c1-26(2)37(40(45)57)50-42(59)38(27(3)4)51-43(60)39(30-18-12-7-13-19-30)52-41(58)31(22-28-14-8-5-9-15-28)48-34(54)21-20-33(53)46-24-35(55)47-25-36(56)49-32(44(61)62)23-29-16-10-6-11-17-29/h5-6,8-11,14-17,20-21,26-27,30-32,37-39H,7,12-13,18-19,22-25H2,1-4H3,(H2,45,57)(H,46,53)(H,47,55)(H,48,54)(H,49,56)(H,50,59)(H,51,60)(H,52,58)(H,61,62)/b21-20+/t31-,32-,37-,38-,39-/m0/s1. The normalized spacial score (nSPS) is 15.3. The van der Waals surface area contributed by atoms with Gasteiger partial charge in [-0.3, -0.25) is 38.4 Å². The molecule has 8 amide bonds. The summed E-state index contributed by atoms with van der Waals surface area (Å²) in [6, 6.07) is 12.0. The first-order valence-electron chi connectivity index (χ1n) is 20.8. The Morgan fingerprint density at radius 2 is 1.11 bits per heavy atom. The zero-order valence-electron chi connectivity index (χ0n) is 35.6. The van der Waals surface area contributed by atoms with Gasteiger partial charge in [-0.15, -0.1) is 0 Å². The van der Waals surface area contributed by atoms with Crippen molar-refractivity contribution in [2.45, 2.75) is 103 Å². The summed E-state index contributed by atoms with van der Waals surface area (Å²) in [5.74, 6) is -8.01. The number of nitrogens with two attached hydrogens (primary N) is 1. The van der Waals surface area contributed by atoms with Crippen LogP contribution in [0.5, 0.6) is 0 Å². The van der Waals surface area contributed by atoms with Gasteiger partial charge in [0.2, 0.25) is 47.3 Å². The molecule has 0 aliphatic heterocycles. The number of amides is 8. The van der Waals surface area contributed by atoms with E-state index in [0.29, 0.717) is 24.0 Å². The third-order valence-corrected chi connectivity index (χ3v) is 10.3. The lowest BCUT2D eigenvalue weighted by Gasteiger charge is -2.33. The van der Waals surface area contributed by atoms with Crippen LogP contribution in [0.4, 0.5) is 0 Å². The Morgan fingerprint density at radius 3 is 1.65 bits per heavy atom. The monoisotopic (exact) mass is 860 g/mol. The summed E-state index contributed by atoms with van der Waals surface area (Å²) in [5.41, 5.74) is 6.89. The van der Waals surface area contributed by atoms with Crippen LogP contribution in [0.1, 0.15) is 70.9 Å². The molecule has 5 atom stereocenters. The van der Waals surface area contributed by atoms with Gasteiger partial charge in [-0.2, -0.15) is 0 Å². The Hall–Kier alpha value is -6.59. The smallest absolute Gasteiger partial charge is 0.326 e. The molecule has 336 valence electrons. The summed E-state index contributed by atoms with van der Waals surface area (Å²) in [7, 11) is 0. The number of carboxylic acid groups (broad SMARTS) is 1. The average Bonchev–Trinajstić information content (AvgIpc) is 3.24. The van der Waals surface area contributed by atoms with Gasteiger partial charge < -0.3 is 48.1 Å². The van der Waals surface area contributed by atoms with E-state index in [1.807, 2.05) is 0 Å². The van der Waals surface area contributed by atoms with E-state index in [1.165, 1.54) is 0 Å². The molecule has 2 aromatic carbocycles. The third-order valence-electron chi connectivity index (χ3n) is 10.3. The van der Waals surface area contributed by atoms with Crippen molar-refractivity contribution < 1.29 is 48.3 Å². The second kappa shape index (κ2) is 25.2. The van der Waals surface area contributed by atoms with Crippen LogP contribution in [-0.4, -0.2) is 102 Å². The molecule has 0 bridgehead atoms. The van der Waals surface area contributed by atoms with Gasteiger partial charge in [-0.05, 0) is 41.7 Å². The molecule has 18 nitrogen and oxygen atoms in total. The van der Waals surface area contributed by atoms with Gasteiger partial charge in [-0.1, -0.05) is 108 Å². The molecule has 1 saturated carbocycles. The van der Waals surface area contributed by atoms with Crippen molar-refractivity contribution in [2.75, 3.05) is 13.1 Å². The number of carbonyl (C=O) groups is 9. The molecule has 0 heterocycles. The maximum Gasteiger partial charge on any atom is 0.326 e. The van der Waals surface area contributed by atoms with Crippen molar-refractivity contribution in [1.29, 1.82) is 0 Å². The van der Waals surface area contributed by atoms with E-state index >= 15 is 0 Å². The summed E-state index contributed by atoms with van der Waals surface area (Å²) in [4.78, 5) is 115. The fourth-order valence-corrected chi connectivity index (χ4v) is 6.90. The van der Waals surface area contributed by atoms with E-state index in [4.69, 9.17) is 5.73 Å². The summed E-state index contributed by atoms with van der Waals surface area (Å²) < 4.78 is 0. The highest BCUT2D eigenvalue weighted by atomic mass is 16.4. The first-order valence-corrected chi connectivity index (χ1v) is 20.8. The van der Waals surface area contributed by atoms with E-state index in [9.17, 15) is 48.3 Å². The quantitative estimate of drug-likeness (QED) is 0.0682. The Bertz CT molecular complexity index is 1900. The minimum Gasteiger partial charge on any atom is -0.480 e. The predicted octanol–water partition coefficient (Wildman–Crippen LogP) is 0.147. The molecule has 10 N–H and O–H groups in total. The number of nitrogens with one attached hydrogen (secondary N) is 7. The van der Waals surface area contributed by atoms with E-state index in [0.717, 1.165) is 31.4 Å². The number of hydrogen-bond donors (Lipinski definition) is 9. The van der Waals surface area contributed by atoms with Gasteiger partial charge in [0, 0.05) is 25.0 Å². The average molecular weight is 861 g/mol. The molecule has 2 aromatic rings. The minimum atomic E-state index is -1.25. The molecule has 1 fully saturated rings. The van der Waals surface area contributed by atoms with Crippen molar-refractivity contribution in [3.05, 3.63) is 83.9 Å². The molecule has 0 unspecified atom stereocenters. The molecule has 1 aliphatic rings. The molecule has 0 spiro atoms. The molecule has 18 heteroatoms. The molecule has 1 aliphatic carbocycles. The molecule has 0 saturated heterocycles. The summed E-state index contributed by atoms with van der Waals surface area (Å²) in [6.07, 6.45) is 5.64. The number of primary amides is 1. The number of aliphatic carboxylic acids is 1. The van der Waals surface area contributed by atoms with Crippen LogP contribution >= 0.6 is 0 Å². The lowest BCUT2D eigenvalue weighted by atomic mass is 9.83. The maximum absolute atomic E-state index is 14.0. The molecular weight excluding hydrogens is 801 g/mol. The number of benzene rings is 2. The first-order chi connectivity index (χ1) is 29.4. The van der Waals surface area contributed by atoms with Crippen LogP contribution in [0.2, 0.25) is 0 Å². The lowest BCUT2D eigenvalue weighted by molar-refractivity contribution is -0.141. The summed E-state index contributed by atoms with van der Waals surface area (Å²) >= 11 is 0. The molecule has 62 heavy (non-hydrogen) atoms. The van der Waals surface area contributed by atoms with E-state index in [1.54, 1.807) is 88.4 Å². The number of hydrogen-bond acceptors (Lipinski definition) is 9. The first kappa shape index (κ1) is 49.8. The van der Waals surface area contributed by atoms with Gasteiger partial charge in [0.05, 0.1) is 13.1 Å². The topological polar surface area (TPSA) is 284 Å². The van der Waals surface area contributed by atoms with Gasteiger partial charge in [0.1, 0.15) is 30.2 Å². The molecular formula is C44H60N8O10. The summed E-state index contributed by atoms with van der Waals surface area (Å²) in [5, 5.41) is 27.3. The van der Waals surface area contributed by atoms with Crippen LogP contribution in [0, 0.1) is 17.8 Å². The van der Waals surface area contributed by atoms with Crippen LogP contribution in [0.25, 0.3) is 0 Å². The van der Waals surface area contributed by atoms with Crippen LogP contribution in [0.15, 0.2) is 72.8 Å². The third kappa shape index (κ3) is 17.2. The van der Waals surface area contributed by atoms with Gasteiger partial charge in [-0.25, -0.2) is 4.79 Å². The van der Waals surface area contributed by atoms with Crippen molar-refractivity contribution in [2.24, 2.45) is 23.5 Å². The maximum atomic E-state index is 14.0. The number of carboxylic acids is 1. The zero-order valence-corrected chi connectivity index (χ0v) is 35.6. The highest BCUT2D eigenvalue weighted by molar-refractivity contribution is 6.00. The highest BCUT2D eigenvalue weighted by Gasteiger charge is 2.37. The second-order valence-corrected chi connectivity index (χ2v) is 16.0. The molecule has 0 aromatic heterocycles. The van der Waals surface area contributed by atoms with Crippen LogP contribution in [-0.2, 0) is 56.0 Å². The Kier molecular flexibility index (Phi) is 20.3. The predicted molar refractivity (Wildman–Crippen MR) is 228 cm³/mol. The largest absolute Gasteiger partial charge is 0.480 e. The fourth-order valence-electron chi connectivity index (χ4n) is 6.90. The minimum absolute atomic E-state index is 0.0192. The van der Waals surface area contributed by atoms with Crippen molar-refractivity contribution in [3.63, 3.8) is 0 Å². The Labute approximate surface area is 361 Å². The molecule has 0 radical (unpaired) electrons. The number of carbonyl (C=O) groups excluding carboxylic acids is 8. The van der Waals surface area contributed by atoms with Crippen molar-refractivity contribution in [3.8, 4) is 0 Å². The van der Waals surface area contributed by atoms with Crippen molar-refractivity contribution in [1.82, 2.24) is 37.2 Å². The van der Waals surface area contributed by atoms with Crippen LogP contribution < -0.4 is 43.0 Å². The van der Waals surface area contributed by atoms with Crippen LogP contribution in [0.3, 0.4) is 0 Å². The zero-order chi connectivity index (χ0) is 45.8.